The van der Waals surface area contributed by atoms with Crippen LogP contribution in [0.3, 0.4) is 0 Å². The number of cyclic esters (lactones) is 2. The number of ketones is 2. The monoisotopic (exact) mass is 246 g/mol. The summed E-state index contributed by atoms with van der Waals surface area (Å²) in [6.45, 7) is 4.14. The lowest BCUT2D eigenvalue weighted by Crippen LogP contribution is -2.11. The van der Waals surface area contributed by atoms with Crippen molar-refractivity contribution in [3.05, 3.63) is 33.9 Å². The smallest absolute Gasteiger partial charge is 0.347 e. The number of ether oxygens (including phenoxy) is 1. The molecule has 0 spiro atoms. The number of esters is 2. The highest BCUT2D eigenvalue weighted by atomic mass is 16.6. The summed E-state index contributed by atoms with van der Waals surface area (Å²) in [7, 11) is 0. The lowest BCUT2D eigenvalue weighted by atomic mass is 9.90. The van der Waals surface area contributed by atoms with E-state index < -0.39 is 11.9 Å². The van der Waals surface area contributed by atoms with Crippen LogP contribution in [0.15, 0.2) is 6.07 Å². The molecule has 0 aromatic heterocycles. The molecule has 1 aromatic carbocycles. The van der Waals surface area contributed by atoms with Gasteiger partial charge in [-0.2, -0.15) is 0 Å². The Labute approximate surface area is 103 Å². The molecule has 0 amide bonds. The van der Waals surface area contributed by atoms with Gasteiger partial charge in [-0.1, -0.05) is 0 Å². The third kappa shape index (κ3) is 1.55. The predicted molar refractivity (Wildman–Crippen MR) is 60.9 cm³/mol. The molecule has 0 saturated heterocycles. The average molecular weight is 246 g/mol. The van der Waals surface area contributed by atoms with E-state index in [0.717, 1.165) is 0 Å². The molecule has 18 heavy (non-hydrogen) atoms. The lowest BCUT2D eigenvalue weighted by Gasteiger charge is -2.10. The van der Waals surface area contributed by atoms with Crippen LogP contribution in [0, 0.1) is 6.92 Å². The molecule has 92 valence electrons. The van der Waals surface area contributed by atoms with Crippen molar-refractivity contribution in [3.63, 3.8) is 0 Å². The van der Waals surface area contributed by atoms with Crippen LogP contribution in [0.2, 0.25) is 0 Å². The van der Waals surface area contributed by atoms with Crippen LogP contribution >= 0.6 is 0 Å². The predicted octanol–water partition coefficient (Wildman–Crippen LogP) is 1.71. The van der Waals surface area contributed by atoms with Crippen LogP contribution in [-0.4, -0.2) is 23.5 Å². The second kappa shape index (κ2) is 3.87. The van der Waals surface area contributed by atoms with Gasteiger partial charge in [0.25, 0.3) is 0 Å². The molecule has 2 rings (SSSR count). The molecular formula is C13H10O5. The maximum atomic E-state index is 11.6. The molecule has 1 aromatic rings. The first-order valence-electron chi connectivity index (χ1n) is 5.30. The van der Waals surface area contributed by atoms with Gasteiger partial charge < -0.3 is 4.74 Å². The van der Waals surface area contributed by atoms with E-state index in [4.69, 9.17) is 0 Å². The molecule has 0 aliphatic carbocycles. The van der Waals surface area contributed by atoms with Gasteiger partial charge in [0.1, 0.15) is 0 Å². The molecule has 1 aliphatic heterocycles. The fourth-order valence-electron chi connectivity index (χ4n) is 2.16. The van der Waals surface area contributed by atoms with E-state index in [9.17, 15) is 19.2 Å². The fraction of sp³-hybridized carbons (Fsp3) is 0.231. The Bertz CT molecular complexity index is 625. The quantitative estimate of drug-likeness (QED) is 0.451. The summed E-state index contributed by atoms with van der Waals surface area (Å²) in [4.78, 5) is 46.1. The number of Topliss-reactive ketones (excluding diaryl/α,β-unsaturated/α-hetero) is 2. The Kier molecular flexibility index (Phi) is 2.62. The Hall–Kier alpha value is -2.30. The third-order valence-corrected chi connectivity index (χ3v) is 2.92. The van der Waals surface area contributed by atoms with E-state index in [1.165, 1.54) is 26.8 Å². The van der Waals surface area contributed by atoms with Crippen LogP contribution in [0.5, 0.6) is 0 Å². The minimum absolute atomic E-state index is 0.0488. The number of carbonyl (C=O) groups is 4. The zero-order chi connectivity index (χ0) is 13.6. The van der Waals surface area contributed by atoms with Crippen LogP contribution in [0.1, 0.15) is 60.8 Å². The summed E-state index contributed by atoms with van der Waals surface area (Å²) in [6, 6.07) is 1.26. The molecule has 0 bridgehead atoms. The third-order valence-electron chi connectivity index (χ3n) is 2.92. The van der Waals surface area contributed by atoms with Crippen LogP contribution in [0.4, 0.5) is 0 Å². The van der Waals surface area contributed by atoms with Crippen molar-refractivity contribution in [3.8, 4) is 0 Å². The van der Waals surface area contributed by atoms with Crippen molar-refractivity contribution in [2.75, 3.05) is 0 Å². The summed E-state index contributed by atoms with van der Waals surface area (Å²) in [5.41, 5.74) is 0.766. The van der Waals surface area contributed by atoms with Crippen molar-refractivity contribution < 1.29 is 23.9 Å². The van der Waals surface area contributed by atoms with E-state index in [1.54, 1.807) is 0 Å². The first-order chi connectivity index (χ1) is 8.34. The molecule has 5 nitrogen and oxygen atoms in total. The minimum Gasteiger partial charge on any atom is -0.386 e. The fourth-order valence-corrected chi connectivity index (χ4v) is 2.16. The Balaban J connectivity index is 2.89. The normalized spacial score (nSPS) is 13.3. The summed E-state index contributed by atoms with van der Waals surface area (Å²) >= 11 is 0. The van der Waals surface area contributed by atoms with Gasteiger partial charge in [0.05, 0.1) is 11.1 Å². The van der Waals surface area contributed by atoms with Crippen molar-refractivity contribution in [1.82, 2.24) is 0 Å². The molecular weight excluding hydrogens is 236 g/mol. The highest BCUT2D eigenvalue weighted by molar-refractivity contribution is 6.19. The highest BCUT2D eigenvalue weighted by Gasteiger charge is 2.35. The summed E-state index contributed by atoms with van der Waals surface area (Å²) in [6.07, 6.45) is 0. The number of carbonyl (C=O) groups excluding carboxylic acids is 4. The van der Waals surface area contributed by atoms with Gasteiger partial charge >= 0.3 is 11.9 Å². The van der Waals surface area contributed by atoms with Crippen molar-refractivity contribution in [2.24, 2.45) is 0 Å². The topological polar surface area (TPSA) is 77.5 Å². The number of benzene rings is 1. The van der Waals surface area contributed by atoms with E-state index in [0.29, 0.717) is 5.56 Å². The number of hydrogen-bond acceptors (Lipinski definition) is 5. The zero-order valence-electron chi connectivity index (χ0n) is 10.1. The number of rotatable bonds is 2. The molecule has 0 atom stereocenters. The molecule has 0 fully saturated rings. The minimum atomic E-state index is -0.782. The summed E-state index contributed by atoms with van der Waals surface area (Å²) in [5.74, 6) is -2.22. The lowest BCUT2D eigenvalue weighted by molar-refractivity contribution is 0.0443. The molecule has 1 aliphatic rings. The Morgan fingerprint density at radius 1 is 1.06 bits per heavy atom. The molecule has 0 N–H and O–H groups in total. The average Bonchev–Trinajstić information content (AvgIpc) is 2.53. The van der Waals surface area contributed by atoms with Gasteiger partial charge in [-0.25, -0.2) is 9.59 Å². The molecule has 0 unspecified atom stereocenters. The van der Waals surface area contributed by atoms with Crippen LogP contribution < -0.4 is 0 Å². The zero-order valence-corrected chi connectivity index (χ0v) is 10.1. The van der Waals surface area contributed by atoms with E-state index >= 15 is 0 Å². The van der Waals surface area contributed by atoms with Crippen molar-refractivity contribution in [2.45, 2.75) is 20.8 Å². The molecule has 0 saturated carbocycles. The standard InChI is InChI=1S/C13H10O5/c1-5-10(7(3)15)8(6(2)14)4-9-11(5)13(17)18-12(9)16/h4H,1-3H3. The summed E-state index contributed by atoms with van der Waals surface area (Å²) < 4.78 is 4.48. The Morgan fingerprint density at radius 2 is 1.67 bits per heavy atom. The van der Waals surface area contributed by atoms with Gasteiger partial charge in [0, 0.05) is 11.1 Å². The molecule has 0 radical (unpaired) electrons. The van der Waals surface area contributed by atoms with E-state index in [1.807, 2.05) is 0 Å². The van der Waals surface area contributed by atoms with Crippen LogP contribution in [-0.2, 0) is 4.74 Å². The first-order valence-corrected chi connectivity index (χ1v) is 5.30. The first kappa shape index (κ1) is 12.2. The Morgan fingerprint density at radius 3 is 2.17 bits per heavy atom. The highest BCUT2D eigenvalue weighted by Crippen LogP contribution is 2.29. The van der Waals surface area contributed by atoms with Crippen molar-refractivity contribution >= 4 is 23.5 Å². The van der Waals surface area contributed by atoms with Crippen molar-refractivity contribution in [1.29, 1.82) is 0 Å². The van der Waals surface area contributed by atoms with Gasteiger partial charge in [-0.3, -0.25) is 9.59 Å². The van der Waals surface area contributed by atoms with Gasteiger partial charge in [-0.05, 0) is 32.4 Å². The maximum Gasteiger partial charge on any atom is 0.347 e. The second-order valence-electron chi connectivity index (χ2n) is 4.14. The second-order valence-corrected chi connectivity index (χ2v) is 4.14. The van der Waals surface area contributed by atoms with E-state index in [-0.39, 0.29) is 33.8 Å². The van der Waals surface area contributed by atoms with Gasteiger partial charge in [0.15, 0.2) is 11.6 Å². The number of fused-ring (bicyclic) bond motifs is 1. The molecule has 5 heteroatoms. The van der Waals surface area contributed by atoms with Gasteiger partial charge in [0.2, 0.25) is 0 Å². The largest absolute Gasteiger partial charge is 0.386 e. The maximum absolute atomic E-state index is 11.6. The van der Waals surface area contributed by atoms with Gasteiger partial charge in [-0.15, -0.1) is 0 Å². The number of hydrogen-bond donors (Lipinski definition) is 0. The van der Waals surface area contributed by atoms with Crippen LogP contribution in [0.25, 0.3) is 0 Å². The molecule has 1 heterocycles. The summed E-state index contributed by atoms with van der Waals surface area (Å²) in [5, 5.41) is 0. The SMILES string of the molecule is CC(=O)c1cc2c(c(C)c1C(C)=O)C(=O)OC2=O. The van der Waals surface area contributed by atoms with E-state index in [2.05, 4.69) is 4.74 Å².